The van der Waals surface area contributed by atoms with Crippen molar-refractivity contribution in [1.82, 2.24) is 0 Å². The van der Waals surface area contributed by atoms with Crippen molar-refractivity contribution in [3.63, 3.8) is 0 Å². The lowest BCUT2D eigenvalue weighted by Crippen LogP contribution is -2.06. The van der Waals surface area contributed by atoms with Gasteiger partial charge in [-0.3, -0.25) is 4.57 Å². The highest BCUT2D eigenvalue weighted by Gasteiger charge is 2.33. The highest BCUT2D eigenvalue weighted by Crippen LogP contribution is 2.59. The predicted octanol–water partition coefficient (Wildman–Crippen LogP) is 5.54. The van der Waals surface area contributed by atoms with Gasteiger partial charge in [-0.05, 0) is 53.7 Å². The third-order valence-corrected chi connectivity index (χ3v) is 5.92. The van der Waals surface area contributed by atoms with E-state index >= 15 is 0 Å². The van der Waals surface area contributed by atoms with Crippen LogP contribution in [0.4, 0.5) is 0 Å². The minimum Gasteiger partial charge on any atom is -0.306 e. The summed E-state index contributed by atoms with van der Waals surface area (Å²) >= 11 is 0. The van der Waals surface area contributed by atoms with Crippen molar-refractivity contribution in [2.24, 2.45) is 5.92 Å². The Morgan fingerprint density at radius 1 is 1.13 bits per heavy atom. The molecule has 4 heteroatoms. The van der Waals surface area contributed by atoms with E-state index in [4.69, 9.17) is 9.05 Å². The van der Waals surface area contributed by atoms with Crippen LogP contribution < -0.4 is 0 Å². The SMILES string of the molecule is CCOP(=O)(OCC)C(=C(C)C)C(C)C#Cc1ccc(C)cc1. The minimum atomic E-state index is -3.29. The van der Waals surface area contributed by atoms with E-state index in [0.717, 1.165) is 11.1 Å². The third-order valence-electron chi connectivity index (χ3n) is 3.30. The molecule has 0 fully saturated rings. The van der Waals surface area contributed by atoms with Gasteiger partial charge in [0.2, 0.25) is 0 Å². The van der Waals surface area contributed by atoms with Crippen LogP contribution in [0.3, 0.4) is 0 Å². The third kappa shape index (κ3) is 5.66. The summed E-state index contributed by atoms with van der Waals surface area (Å²) in [7, 11) is -3.29. The van der Waals surface area contributed by atoms with Gasteiger partial charge < -0.3 is 9.05 Å². The number of rotatable bonds is 6. The van der Waals surface area contributed by atoms with Gasteiger partial charge in [-0.15, -0.1) is 0 Å². The molecule has 0 aliphatic heterocycles. The summed E-state index contributed by atoms with van der Waals surface area (Å²) in [6, 6.07) is 8.04. The van der Waals surface area contributed by atoms with Crippen molar-refractivity contribution in [2.45, 2.75) is 41.5 Å². The molecule has 0 aliphatic rings. The standard InChI is InChI=1S/C19H27O3P/c1-7-21-23(20,22-8-2)19(15(3)4)17(6)11-14-18-12-9-16(5)10-13-18/h9-10,12-13,17H,7-8H2,1-6H3. The van der Waals surface area contributed by atoms with Crippen molar-refractivity contribution >= 4 is 7.60 Å². The summed E-state index contributed by atoms with van der Waals surface area (Å²) in [6.07, 6.45) is 0. The molecule has 1 aromatic rings. The lowest BCUT2D eigenvalue weighted by atomic mass is 10.1. The van der Waals surface area contributed by atoms with Gasteiger partial charge in [0, 0.05) is 5.56 Å². The van der Waals surface area contributed by atoms with E-state index in [1.165, 1.54) is 5.56 Å². The Labute approximate surface area is 140 Å². The van der Waals surface area contributed by atoms with E-state index in [0.29, 0.717) is 18.5 Å². The zero-order chi connectivity index (χ0) is 17.5. The average molecular weight is 334 g/mol. The van der Waals surface area contributed by atoms with Crippen LogP contribution in [-0.4, -0.2) is 13.2 Å². The molecule has 0 N–H and O–H groups in total. The van der Waals surface area contributed by atoms with Crippen molar-refractivity contribution in [3.05, 3.63) is 46.3 Å². The molecule has 0 spiro atoms. The minimum absolute atomic E-state index is 0.203. The summed E-state index contributed by atoms with van der Waals surface area (Å²) in [6.45, 7) is 12.1. The molecule has 1 aromatic carbocycles. The Morgan fingerprint density at radius 2 is 1.65 bits per heavy atom. The second-order valence-electron chi connectivity index (χ2n) is 5.58. The maximum Gasteiger partial charge on any atom is 0.358 e. The van der Waals surface area contributed by atoms with E-state index in [2.05, 4.69) is 11.8 Å². The van der Waals surface area contributed by atoms with Gasteiger partial charge in [-0.2, -0.15) is 0 Å². The number of benzene rings is 1. The Balaban J connectivity index is 3.14. The van der Waals surface area contributed by atoms with E-state index in [9.17, 15) is 4.57 Å². The van der Waals surface area contributed by atoms with Crippen LogP contribution in [0.5, 0.6) is 0 Å². The highest BCUT2D eigenvalue weighted by molar-refractivity contribution is 7.58. The second kappa shape index (κ2) is 9.08. The van der Waals surface area contributed by atoms with Gasteiger partial charge in [0.25, 0.3) is 0 Å². The zero-order valence-corrected chi connectivity index (χ0v) is 15.9. The van der Waals surface area contributed by atoms with Crippen molar-refractivity contribution < 1.29 is 13.6 Å². The maximum atomic E-state index is 13.1. The summed E-state index contributed by atoms with van der Waals surface area (Å²) in [5.41, 5.74) is 3.07. The lowest BCUT2D eigenvalue weighted by molar-refractivity contribution is 0.224. The molecule has 0 bridgehead atoms. The first-order chi connectivity index (χ1) is 10.8. The molecule has 0 amide bonds. The zero-order valence-electron chi connectivity index (χ0n) is 15.0. The quantitative estimate of drug-likeness (QED) is 0.506. The average Bonchev–Trinajstić information content (AvgIpc) is 2.46. The molecule has 0 radical (unpaired) electrons. The first kappa shape index (κ1) is 19.7. The Hall–Kier alpha value is -1.33. The van der Waals surface area contributed by atoms with Crippen LogP contribution in [0.15, 0.2) is 35.2 Å². The molecular formula is C19H27O3P. The molecule has 23 heavy (non-hydrogen) atoms. The number of aryl methyl sites for hydroxylation is 1. The molecule has 1 rings (SSSR count). The van der Waals surface area contributed by atoms with Gasteiger partial charge in [-0.25, -0.2) is 0 Å². The first-order valence-electron chi connectivity index (χ1n) is 7.99. The van der Waals surface area contributed by atoms with Crippen LogP contribution >= 0.6 is 7.60 Å². The highest BCUT2D eigenvalue weighted by atomic mass is 31.2. The fourth-order valence-electron chi connectivity index (χ4n) is 2.36. The number of allylic oxidation sites excluding steroid dienone is 2. The fourth-order valence-corrected chi connectivity index (χ4v) is 4.48. The second-order valence-corrected chi connectivity index (χ2v) is 7.57. The molecular weight excluding hydrogens is 307 g/mol. The Morgan fingerprint density at radius 3 is 2.09 bits per heavy atom. The van der Waals surface area contributed by atoms with Gasteiger partial charge in [0.15, 0.2) is 0 Å². The van der Waals surface area contributed by atoms with Gasteiger partial charge in [-0.1, -0.05) is 35.1 Å². The Kier molecular flexibility index (Phi) is 7.79. The molecule has 0 saturated heterocycles. The van der Waals surface area contributed by atoms with Gasteiger partial charge in [0.05, 0.1) is 24.4 Å². The van der Waals surface area contributed by atoms with Crippen molar-refractivity contribution in [1.29, 1.82) is 0 Å². The molecule has 0 aliphatic carbocycles. The predicted molar refractivity (Wildman–Crippen MR) is 96.5 cm³/mol. The van der Waals surface area contributed by atoms with Crippen molar-refractivity contribution in [2.75, 3.05) is 13.2 Å². The first-order valence-corrected chi connectivity index (χ1v) is 9.53. The summed E-state index contributed by atoms with van der Waals surface area (Å²) in [5.74, 6) is 6.13. The normalized spacial score (nSPS) is 12.3. The van der Waals surface area contributed by atoms with Crippen LogP contribution in [0, 0.1) is 24.7 Å². The molecule has 126 valence electrons. The smallest absolute Gasteiger partial charge is 0.306 e. The van der Waals surface area contributed by atoms with Crippen LogP contribution in [-0.2, 0) is 13.6 Å². The molecule has 0 saturated carbocycles. The molecule has 3 nitrogen and oxygen atoms in total. The Bertz CT molecular complexity index is 633. The van der Waals surface area contributed by atoms with Crippen LogP contribution in [0.25, 0.3) is 0 Å². The number of hydrogen-bond donors (Lipinski definition) is 0. The van der Waals surface area contributed by atoms with Gasteiger partial charge in [0.1, 0.15) is 0 Å². The monoisotopic (exact) mass is 334 g/mol. The van der Waals surface area contributed by atoms with E-state index in [1.807, 2.05) is 65.8 Å². The fraction of sp³-hybridized carbons (Fsp3) is 0.474. The summed E-state index contributed by atoms with van der Waals surface area (Å²) < 4.78 is 24.1. The van der Waals surface area contributed by atoms with Crippen LogP contribution in [0.1, 0.15) is 45.7 Å². The van der Waals surface area contributed by atoms with E-state index in [1.54, 1.807) is 0 Å². The summed E-state index contributed by atoms with van der Waals surface area (Å²) in [4.78, 5) is 0. The van der Waals surface area contributed by atoms with Crippen molar-refractivity contribution in [3.8, 4) is 11.8 Å². The van der Waals surface area contributed by atoms with E-state index < -0.39 is 7.60 Å². The van der Waals surface area contributed by atoms with E-state index in [-0.39, 0.29) is 5.92 Å². The maximum absolute atomic E-state index is 13.1. The molecule has 1 atom stereocenters. The van der Waals surface area contributed by atoms with Gasteiger partial charge >= 0.3 is 7.60 Å². The topological polar surface area (TPSA) is 35.5 Å². The molecule has 1 unspecified atom stereocenters. The lowest BCUT2D eigenvalue weighted by Gasteiger charge is -2.23. The summed E-state index contributed by atoms with van der Waals surface area (Å²) in [5, 5.41) is 0.667. The molecule has 0 aromatic heterocycles. The molecule has 0 heterocycles. The van der Waals surface area contributed by atoms with Crippen LogP contribution in [0.2, 0.25) is 0 Å². The largest absolute Gasteiger partial charge is 0.358 e. The number of hydrogen-bond acceptors (Lipinski definition) is 3.